The van der Waals surface area contributed by atoms with Gasteiger partial charge in [-0.15, -0.1) is 4.73 Å². The number of benzene rings is 1. The molecule has 0 radical (unpaired) electrons. The molecule has 1 aromatic heterocycles. The Hall–Kier alpha value is -1.52. The number of hydrogen-bond acceptors (Lipinski definition) is 2. The normalized spacial score (nSPS) is 12.4. The fourth-order valence-electron chi connectivity index (χ4n) is 1.58. The highest BCUT2D eigenvalue weighted by Gasteiger charge is 2.21. The Labute approximate surface area is 103 Å². The molecule has 0 aliphatic heterocycles. The lowest BCUT2D eigenvalue weighted by Gasteiger charge is -2.10. The molecule has 2 aromatic rings. The van der Waals surface area contributed by atoms with Gasteiger partial charge in [0.1, 0.15) is 5.75 Å². The van der Waals surface area contributed by atoms with Crippen LogP contribution in [0.2, 0.25) is 0 Å². The van der Waals surface area contributed by atoms with Crippen LogP contribution in [0, 0.1) is 12.1 Å². The van der Waals surface area contributed by atoms with Crippen molar-refractivity contribution in [3.63, 3.8) is 0 Å². The fourth-order valence-corrected chi connectivity index (χ4v) is 2.82. The molecule has 0 aliphatic rings. The first kappa shape index (κ1) is 12.0. The lowest BCUT2D eigenvalue weighted by molar-refractivity contribution is -0.646. The van der Waals surface area contributed by atoms with Gasteiger partial charge < -0.3 is 9.76 Å². The van der Waals surface area contributed by atoms with Crippen molar-refractivity contribution < 1.29 is 9.28 Å². The third-order valence-electron chi connectivity index (χ3n) is 2.57. The summed E-state index contributed by atoms with van der Waals surface area (Å²) in [5, 5.41) is 11.8. The molecule has 0 amide bonds. The van der Waals surface area contributed by atoms with Gasteiger partial charge in [0.15, 0.2) is 6.20 Å². The zero-order valence-corrected chi connectivity index (χ0v) is 10.3. The van der Waals surface area contributed by atoms with Crippen molar-refractivity contribution in [2.24, 2.45) is 0 Å². The number of aryl methyl sites for hydroxylation is 1. The highest BCUT2D eigenvalue weighted by atomic mass is 32.2. The van der Waals surface area contributed by atoms with Crippen molar-refractivity contribution in [1.82, 2.24) is 0 Å². The summed E-state index contributed by atoms with van der Waals surface area (Å²) in [6.45, 7) is 1.97. The Morgan fingerprint density at radius 1 is 1.12 bits per heavy atom. The average Bonchev–Trinajstić information content (AvgIpc) is 2.32. The molecule has 17 heavy (non-hydrogen) atoms. The fraction of sp³-hybridized carbons (Fsp3) is 0.154. The van der Waals surface area contributed by atoms with Crippen molar-refractivity contribution in [2.45, 2.75) is 17.7 Å². The molecule has 0 bridgehead atoms. The van der Waals surface area contributed by atoms with Gasteiger partial charge >= 0.3 is 5.03 Å². The van der Waals surface area contributed by atoms with Gasteiger partial charge in [-0.05, 0) is 18.6 Å². The molecule has 1 atom stereocenters. The molecule has 0 saturated carbocycles. The van der Waals surface area contributed by atoms with Gasteiger partial charge in [0, 0.05) is 11.6 Å². The van der Waals surface area contributed by atoms with Crippen molar-refractivity contribution in [1.29, 1.82) is 0 Å². The van der Waals surface area contributed by atoms with Gasteiger partial charge in [0.2, 0.25) is 0 Å². The van der Waals surface area contributed by atoms with Crippen LogP contribution in [0.4, 0.5) is 0 Å². The van der Waals surface area contributed by atoms with E-state index in [1.54, 1.807) is 18.2 Å². The summed E-state index contributed by atoms with van der Waals surface area (Å²) in [5.41, 5.74) is 2.10. The van der Waals surface area contributed by atoms with E-state index in [-0.39, 0.29) is 0 Å². The van der Waals surface area contributed by atoms with Gasteiger partial charge in [-0.3, -0.25) is 0 Å². The first-order valence-electron chi connectivity index (χ1n) is 5.29. The van der Waals surface area contributed by atoms with E-state index in [0.717, 1.165) is 11.1 Å². The first-order valence-corrected chi connectivity index (χ1v) is 6.61. The minimum atomic E-state index is -1.31. The maximum absolute atomic E-state index is 12.1. The molecular weight excluding hydrogens is 234 g/mol. The van der Waals surface area contributed by atoms with Gasteiger partial charge in [-0.25, -0.2) is 0 Å². The molecule has 4 heteroatoms. The Bertz CT molecular complexity index is 516. The summed E-state index contributed by atoms with van der Waals surface area (Å²) < 4.78 is 12.7. The molecule has 0 spiro atoms. The van der Waals surface area contributed by atoms with Crippen molar-refractivity contribution >= 4 is 11.2 Å². The van der Waals surface area contributed by atoms with Crippen LogP contribution in [-0.4, -0.2) is 4.55 Å². The molecule has 0 aliphatic carbocycles. The van der Waals surface area contributed by atoms with E-state index >= 15 is 0 Å². The number of aromatic nitrogens is 1. The number of nitrogens with zero attached hydrogens (tertiary/aromatic N) is 1. The minimum Gasteiger partial charge on any atom is -0.615 e. The maximum atomic E-state index is 12.1. The van der Waals surface area contributed by atoms with E-state index in [2.05, 4.69) is 0 Å². The summed E-state index contributed by atoms with van der Waals surface area (Å²) in [6.07, 6.45) is 1.37. The molecule has 2 rings (SSSR count). The van der Waals surface area contributed by atoms with Crippen LogP contribution >= 0.6 is 0 Å². The SMILES string of the molecule is Cc1ccccc1C[S+]([O-])c1cccc[n+]1[O-]. The van der Waals surface area contributed by atoms with Crippen LogP contribution in [0.3, 0.4) is 0 Å². The van der Waals surface area contributed by atoms with Gasteiger partial charge in [0.05, 0.1) is 17.2 Å². The molecule has 88 valence electrons. The topological polar surface area (TPSA) is 50.0 Å². The van der Waals surface area contributed by atoms with E-state index in [1.807, 2.05) is 31.2 Å². The molecular formula is C13H13NO2S. The number of rotatable bonds is 3. The Morgan fingerprint density at radius 3 is 2.53 bits per heavy atom. The van der Waals surface area contributed by atoms with Crippen LogP contribution in [0.25, 0.3) is 0 Å². The minimum absolute atomic E-state index is 0.302. The van der Waals surface area contributed by atoms with Crippen molar-refractivity contribution in [3.8, 4) is 0 Å². The Kier molecular flexibility index (Phi) is 3.66. The maximum Gasteiger partial charge on any atom is 0.393 e. The van der Waals surface area contributed by atoms with E-state index in [1.165, 1.54) is 6.20 Å². The van der Waals surface area contributed by atoms with E-state index < -0.39 is 11.2 Å². The number of pyridine rings is 1. The monoisotopic (exact) mass is 247 g/mol. The molecule has 3 nitrogen and oxygen atoms in total. The van der Waals surface area contributed by atoms with E-state index in [4.69, 9.17) is 0 Å². The highest BCUT2D eigenvalue weighted by molar-refractivity contribution is 7.90. The van der Waals surface area contributed by atoms with E-state index in [9.17, 15) is 9.76 Å². The molecule has 0 N–H and O–H groups in total. The van der Waals surface area contributed by atoms with Crippen LogP contribution in [0.15, 0.2) is 53.7 Å². The largest absolute Gasteiger partial charge is 0.615 e. The third-order valence-corrected chi connectivity index (χ3v) is 3.93. The summed E-state index contributed by atoms with van der Waals surface area (Å²) >= 11 is -1.31. The van der Waals surface area contributed by atoms with Gasteiger partial charge in [-0.1, -0.05) is 24.3 Å². The second-order valence-corrected chi connectivity index (χ2v) is 5.18. The lowest BCUT2D eigenvalue weighted by Crippen LogP contribution is -2.33. The van der Waals surface area contributed by atoms with Gasteiger partial charge in [-0.2, -0.15) is 0 Å². The predicted molar refractivity (Wildman–Crippen MR) is 66.7 cm³/mol. The van der Waals surface area contributed by atoms with Crippen LogP contribution in [0.5, 0.6) is 0 Å². The van der Waals surface area contributed by atoms with Crippen LogP contribution in [0.1, 0.15) is 11.1 Å². The summed E-state index contributed by atoms with van der Waals surface area (Å²) in [4.78, 5) is 0. The molecule has 1 unspecified atom stereocenters. The van der Waals surface area contributed by atoms with Crippen LogP contribution < -0.4 is 4.73 Å². The summed E-state index contributed by atoms with van der Waals surface area (Å²) in [6, 6.07) is 12.7. The van der Waals surface area contributed by atoms with Gasteiger partial charge in [0.25, 0.3) is 0 Å². The summed E-state index contributed by atoms with van der Waals surface area (Å²) in [7, 11) is 0. The molecule has 0 fully saturated rings. The zero-order chi connectivity index (χ0) is 12.3. The first-order chi connectivity index (χ1) is 8.18. The molecule has 1 aromatic carbocycles. The second-order valence-electron chi connectivity index (χ2n) is 3.78. The smallest absolute Gasteiger partial charge is 0.393 e. The molecule has 0 saturated heterocycles. The molecule has 1 heterocycles. The summed E-state index contributed by atoms with van der Waals surface area (Å²) in [5.74, 6) is 0.374. The standard InChI is InChI=1S/C13H13NO2S/c1-11-6-2-3-7-12(11)10-17(16)13-8-4-5-9-14(13)15/h2-9H,10H2,1H3. The van der Waals surface area contributed by atoms with E-state index in [0.29, 0.717) is 15.5 Å². The quantitative estimate of drug-likeness (QED) is 0.473. The van der Waals surface area contributed by atoms with Crippen LogP contribution in [-0.2, 0) is 16.9 Å². The third kappa shape index (κ3) is 2.78. The number of hydrogen-bond donors (Lipinski definition) is 0. The second kappa shape index (κ2) is 5.21. The van der Waals surface area contributed by atoms with Crippen molar-refractivity contribution in [2.75, 3.05) is 0 Å². The average molecular weight is 247 g/mol. The Morgan fingerprint density at radius 2 is 1.82 bits per heavy atom. The lowest BCUT2D eigenvalue weighted by atomic mass is 10.1. The predicted octanol–water partition coefficient (Wildman–Crippen LogP) is 1.94. The zero-order valence-electron chi connectivity index (χ0n) is 9.50. The Balaban J connectivity index is 2.20. The van der Waals surface area contributed by atoms with Crippen molar-refractivity contribution in [3.05, 3.63) is 65.0 Å². The highest BCUT2D eigenvalue weighted by Crippen LogP contribution is 2.15.